The van der Waals surface area contributed by atoms with Gasteiger partial charge in [0.25, 0.3) is 0 Å². The molecule has 6 nitrogen and oxygen atoms in total. The number of anilines is 2. The number of nitrogens with zero attached hydrogens (tertiary/aromatic N) is 1. The van der Waals surface area contributed by atoms with E-state index in [4.69, 9.17) is 16.3 Å². The number of amides is 1. The molecular weight excluding hydrogens is 400 g/mol. The number of rotatable bonds is 7. The fourth-order valence-corrected chi connectivity index (χ4v) is 4.15. The third-order valence-corrected chi connectivity index (χ3v) is 5.77. The Morgan fingerprint density at radius 1 is 1.11 bits per heavy atom. The van der Waals surface area contributed by atoms with Crippen LogP contribution in [0.15, 0.2) is 42.5 Å². The van der Waals surface area contributed by atoms with E-state index in [0.717, 1.165) is 16.1 Å². The van der Waals surface area contributed by atoms with Crippen molar-refractivity contribution in [3.05, 3.63) is 53.1 Å². The van der Waals surface area contributed by atoms with Gasteiger partial charge in [-0.2, -0.15) is 0 Å². The van der Waals surface area contributed by atoms with Crippen LogP contribution in [0.25, 0.3) is 0 Å². The Morgan fingerprint density at radius 3 is 2.21 bits per heavy atom. The van der Waals surface area contributed by atoms with Crippen LogP contribution in [0.5, 0.6) is 5.75 Å². The molecule has 0 radical (unpaired) electrons. The summed E-state index contributed by atoms with van der Waals surface area (Å²) in [4.78, 5) is 12.8. The Labute approximate surface area is 171 Å². The van der Waals surface area contributed by atoms with Gasteiger partial charge in [0.05, 0.1) is 19.1 Å². The third kappa shape index (κ3) is 5.17. The quantitative estimate of drug-likeness (QED) is 0.720. The summed E-state index contributed by atoms with van der Waals surface area (Å²) < 4.78 is 31.2. The van der Waals surface area contributed by atoms with E-state index >= 15 is 0 Å². The molecule has 0 aliphatic rings. The SMILES string of the molecule is COc1ccc(Cl)cc1N([C@H](C)C(=O)Nc1ccc(C(C)C)cc1)S(C)(=O)=O. The van der Waals surface area contributed by atoms with Gasteiger partial charge >= 0.3 is 0 Å². The second kappa shape index (κ2) is 8.84. The average molecular weight is 425 g/mol. The van der Waals surface area contributed by atoms with E-state index in [1.807, 2.05) is 12.1 Å². The molecular formula is C20H25ClN2O4S. The molecule has 0 unspecified atom stereocenters. The summed E-state index contributed by atoms with van der Waals surface area (Å²) >= 11 is 6.04. The van der Waals surface area contributed by atoms with Gasteiger partial charge in [0.2, 0.25) is 15.9 Å². The number of hydrogen-bond donors (Lipinski definition) is 1. The van der Waals surface area contributed by atoms with E-state index in [2.05, 4.69) is 19.2 Å². The lowest BCUT2D eigenvalue weighted by molar-refractivity contribution is -0.116. The van der Waals surface area contributed by atoms with Crippen molar-refractivity contribution in [2.45, 2.75) is 32.7 Å². The van der Waals surface area contributed by atoms with Crippen LogP contribution in [0.1, 0.15) is 32.3 Å². The average Bonchev–Trinajstić information content (AvgIpc) is 2.61. The van der Waals surface area contributed by atoms with Crippen molar-refractivity contribution in [1.82, 2.24) is 0 Å². The van der Waals surface area contributed by atoms with Crippen molar-refractivity contribution in [2.75, 3.05) is 23.0 Å². The highest BCUT2D eigenvalue weighted by molar-refractivity contribution is 7.92. The Morgan fingerprint density at radius 2 is 1.71 bits per heavy atom. The predicted molar refractivity (Wildman–Crippen MR) is 114 cm³/mol. The molecule has 8 heteroatoms. The molecule has 2 rings (SSSR count). The number of ether oxygens (including phenoxy) is 1. The summed E-state index contributed by atoms with van der Waals surface area (Å²) in [6.45, 7) is 5.68. The highest BCUT2D eigenvalue weighted by Crippen LogP contribution is 2.34. The minimum absolute atomic E-state index is 0.204. The smallest absolute Gasteiger partial charge is 0.247 e. The maximum Gasteiger partial charge on any atom is 0.247 e. The first-order valence-electron chi connectivity index (χ1n) is 8.78. The van der Waals surface area contributed by atoms with Gasteiger partial charge in [0, 0.05) is 10.7 Å². The molecule has 0 heterocycles. The van der Waals surface area contributed by atoms with Crippen LogP contribution >= 0.6 is 11.6 Å². The number of sulfonamides is 1. The molecule has 0 aliphatic carbocycles. The van der Waals surface area contributed by atoms with Crippen LogP contribution in [0.4, 0.5) is 11.4 Å². The van der Waals surface area contributed by atoms with Crippen molar-refractivity contribution in [3.8, 4) is 5.75 Å². The van der Waals surface area contributed by atoms with Gasteiger partial charge < -0.3 is 10.1 Å². The third-order valence-electron chi connectivity index (χ3n) is 4.31. The van der Waals surface area contributed by atoms with Gasteiger partial charge in [0.15, 0.2) is 0 Å². The van der Waals surface area contributed by atoms with Crippen molar-refractivity contribution in [1.29, 1.82) is 0 Å². The van der Waals surface area contributed by atoms with Crippen molar-refractivity contribution in [3.63, 3.8) is 0 Å². The maximum atomic E-state index is 12.8. The Balaban J connectivity index is 2.34. The lowest BCUT2D eigenvalue weighted by Gasteiger charge is -2.29. The van der Waals surface area contributed by atoms with E-state index in [1.54, 1.807) is 24.3 Å². The van der Waals surface area contributed by atoms with Crippen LogP contribution in [0.3, 0.4) is 0 Å². The second-order valence-corrected chi connectivity index (χ2v) is 9.11. The number of hydrogen-bond acceptors (Lipinski definition) is 4. The summed E-state index contributed by atoms with van der Waals surface area (Å²) in [6.07, 6.45) is 1.04. The fraction of sp³-hybridized carbons (Fsp3) is 0.350. The zero-order valence-corrected chi connectivity index (χ0v) is 18.1. The maximum absolute atomic E-state index is 12.8. The van der Waals surface area contributed by atoms with Crippen molar-refractivity contribution < 1.29 is 17.9 Å². The molecule has 1 atom stereocenters. The number of carbonyl (C=O) groups is 1. The first-order valence-corrected chi connectivity index (χ1v) is 11.0. The molecule has 152 valence electrons. The normalized spacial score (nSPS) is 12.5. The lowest BCUT2D eigenvalue weighted by Crippen LogP contribution is -2.45. The zero-order chi connectivity index (χ0) is 21.1. The number of benzene rings is 2. The van der Waals surface area contributed by atoms with E-state index in [9.17, 15) is 13.2 Å². The van der Waals surface area contributed by atoms with Gasteiger partial charge in [-0.3, -0.25) is 9.10 Å². The van der Waals surface area contributed by atoms with Gasteiger partial charge in [-0.05, 0) is 48.7 Å². The second-order valence-electron chi connectivity index (χ2n) is 6.82. The first-order chi connectivity index (χ1) is 13.0. The molecule has 1 amide bonds. The van der Waals surface area contributed by atoms with Crippen LogP contribution in [0.2, 0.25) is 5.02 Å². The molecule has 1 N–H and O–H groups in total. The summed E-state index contributed by atoms with van der Waals surface area (Å²) in [6, 6.07) is 11.0. The minimum Gasteiger partial charge on any atom is -0.495 e. The van der Waals surface area contributed by atoms with E-state index in [0.29, 0.717) is 22.4 Å². The topological polar surface area (TPSA) is 75.7 Å². The number of methoxy groups -OCH3 is 1. The summed E-state index contributed by atoms with van der Waals surface area (Å²) in [5, 5.41) is 3.10. The monoisotopic (exact) mass is 424 g/mol. The van der Waals surface area contributed by atoms with E-state index < -0.39 is 22.0 Å². The van der Waals surface area contributed by atoms with Gasteiger partial charge in [-0.25, -0.2) is 8.42 Å². The number of carbonyl (C=O) groups excluding carboxylic acids is 1. The number of nitrogens with one attached hydrogen (secondary N) is 1. The van der Waals surface area contributed by atoms with Gasteiger partial charge in [-0.15, -0.1) is 0 Å². The van der Waals surface area contributed by atoms with Crippen molar-refractivity contribution >= 4 is 38.9 Å². The largest absolute Gasteiger partial charge is 0.495 e. The van der Waals surface area contributed by atoms with E-state index in [1.165, 1.54) is 20.1 Å². The minimum atomic E-state index is -3.79. The Hall–Kier alpha value is -2.25. The Bertz CT molecular complexity index is 943. The molecule has 0 bridgehead atoms. The fourth-order valence-electron chi connectivity index (χ4n) is 2.81. The number of halogens is 1. The molecule has 0 saturated carbocycles. The van der Waals surface area contributed by atoms with Crippen LogP contribution in [0, 0.1) is 0 Å². The Kier molecular flexibility index (Phi) is 6.96. The highest BCUT2D eigenvalue weighted by Gasteiger charge is 2.31. The zero-order valence-electron chi connectivity index (χ0n) is 16.6. The van der Waals surface area contributed by atoms with Gasteiger partial charge in [-0.1, -0.05) is 37.6 Å². The molecule has 0 spiro atoms. The lowest BCUT2D eigenvalue weighted by atomic mass is 10.0. The summed E-state index contributed by atoms with van der Waals surface area (Å²) in [5.41, 5.74) is 1.94. The van der Waals surface area contributed by atoms with Crippen LogP contribution < -0.4 is 14.4 Å². The van der Waals surface area contributed by atoms with Crippen LogP contribution in [-0.2, 0) is 14.8 Å². The molecule has 28 heavy (non-hydrogen) atoms. The molecule has 0 saturated heterocycles. The van der Waals surface area contributed by atoms with Crippen LogP contribution in [-0.4, -0.2) is 33.7 Å². The van der Waals surface area contributed by atoms with E-state index in [-0.39, 0.29) is 5.69 Å². The molecule has 0 aliphatic heterocycles. The molecule has 0 aromatic heterocycles. The summed E-state index contributed by atoms with van der Waals surface area (Å²) in [5.74, 6) is 0.209. The summed E-state index contributed by atoms with van der Waals surface area (Å²) in [7, 11) is -2.36. The molecule has 2 aromatic carbocycles. The first kappa shape index (κ1) is 22.0. The standard InChI is InChI=1S/C20H25ClN2O4S/c1-13(2)15-6-9-17(10-7-15)22-20(24)14(3)23(28(5,25)26)18-12-16(21)8-11-19(18)27-4/h6-14H,1-5H3,(H,22,24)/t14-/m1/s1. The predicted octanol–water partition coefficient (Wildman–Crippen LogP) is 4.27. The molecule has 2 aromatic rings. The van der Waals surface area contributed by atoms with Gasteiger partial charge in [0.1, 0.15) is 11.8 Å². The molecule has 0 fully saturated rings. The van der Waals surface area contributed by atoms with Crippen molar-refractivity contribution in [2.24, 2.45) is 0 Å². The highest BCUT2D eigenvalue weighted by atomic mass is 35.5.